The highest BCUT2D eigenvalue weighted by Crippen LogP contribution is 2.27. The zero-order valence-electron chi connectivity index (χ0n) is 17.6. The molecule has 0 unspecified atom stereocenters. The van der Waals surface area contributed by atoms with Gasteiger partial charge in [-0.1, -0.05) is 38.1 Å². The molecule has 0 atom stereocenters. The van der Waals surface area contributed by atoms with Gasteiger partial charge >= 0.3 is 0 Å². The van der Waals surface area contributed by atoms with Gasteiger partial charge in [0.15, 0.2) is 0 Å². The lowest BCUT2D eigenvalue weighted by atomic mass is 9.90. The predicted molar refractivity (Wildman–Crippen MR) is 114 cm³/mol. The Balaban J connectivity index is 1.46. The van der Waals surface area contributed by atoms with E-state index in [1.807, 2.05) is 6.07 Å². The molecule has 1 fully saturated rings. The zero-order chi connectivity index (χ0) is 19.8. The summed E-state index contributed by atoms with van der Waals surface area (Å²) in [6.45, 7) is 8.39. The first-order chi connectivity index (χ1) is 13.7. The monoisotopic (exact) mass is 382 g/mol. The van der Waals surface area contributed by atoms with E-state index < -0.39 is 0 Å². The van der Waals surface area contributed by atoms with E-state index in [1.165, 1.54) is 30.4 Å². The minimum Gasteiger partial charge on any atom is -0.493 e. The van der Waals surface area contributed by atoms with E-state index >= 15 is 0 Å². The third kappa shape index (κ3) is 5.96. The van der Waals surface area contributed by atoms with Gasteiger partial charge in [-0.15, -0.1) is 0 Å². The second kappa shape index (κ2) is 10.5. The van der Waals surface area contributed by atoms with Gasteiger partial charge < -0.3 is 9.47 Å². The maximum Gasteiger partial charge on any atom is 0.217 e. The molecule has 1 aromatic heterocycles. The Labute approximate surface area is 169 Å². The molecule has 2 aromatic rings. The molecule has 0 bridgehead atoms. The van der Waals surface area contributed by atoms with Gasteiger partial charge in [-0.05, 0) is 68.3 Å². The number of ether oxygens (including phenoxy) is 2. The van der Waals surface area contributed by atoms with Crippen LogP contribution >= 0.6 is 0 Å². The number of nitrogens with zero attached hydrogens (tertiary/aromatic N) is 2. The van der Waals surface area contributed by atoms with Crippen molar-refractivity contribution in [1.29, 1.82) is 0 Å². The fourth-order valence-electron chi connectivity index (χ4n) is 3.87. The fraction of sp³-hybridized carbons (Fsp3) is 0.542. The van der Waals surface area contributed by atoms with Crippen molar-refractivity contribution in [3.63, 3.8) is 0 Å². The molecule has 152 valence electrons. The zero-order valence-corrected chi connectivity index (χ0v) is 17.6. The number of piperidine rings is 1. The number of hydrogen-bond donors (Lipinski definition) is 0. The first-order valence-corrected chi connectivity index (χ1v) is 10.6. The van der Waals surface area contributed by atoms with Gasteiger partial charge in [0.25, 0.3) is 0 Å². The maximum absolute atomic E-state index is 6.02. The number of hydrogen-bond acceptors (Lipinski definition) is 4. The van der Waals surface area contributed by atoms with Crippen LogP contribution in [0.2, 0.25) is 0 Å². The van der Waals surface area contributed by atoms with Crippen molar-refractivity contribution in [3.8, 4) is 11.6 Å². The van der Waals surface area contributed by atoms with Gasteiger partial charge in [-0.3, -0.25) is 4.90 Å². The molecule has 0 amide bonds. The molecule has 0 saturated carbocycles. The molecule has 3 rings (SSSR count). The van der Waals surface area contributed by atoms with Gasteiger partial charge in [-0.2, -0.15) is 0 Å². The van der Waals surface area contributed by atoms with Crippen LogP contribution in [0, 0.1) is 11.8 Å². The third-order valence-electron chi connectivity index (χ3n) is 5.51. The van der Waals surface area contributed by atoms with Gasteiger partial charge in [0, 0.05) is 18.3 Å². The van der Waals surface area contributed by atoms with Crippen molar-refractivity contribution in [2.24, 2.45) is 11.8 Å². The topological polar surface area (TPSA) is 34.6 Å². The summed E-state index contributed by atoms with van der Waals surface area (Å²) in [5.41, 5.74) is 2.53. The molecule has 0 N–H and O–H groups in total. The maximum atomic E-state index is 6.02. The van der Waals surface area contributed by atoms with E-state index in [2.05, 4.69) is 54.1 Å². The van der Waals surface area contributed by atoms with Crippen LogP contribution in [0.25, 0.3) is 0 Å². The van der Waals surface area contributed by atoms with E-state index in [0.717, 1.165) is 50.2 Å². The number of aryl methyl sites for hydroxylation is 1. The molecule has 1 saturated heterocycles. The SMILES string of the molecule is COc1ncccc1CN1CCC(CCc2ccccc2OCC(C)C)CC1. The lowest BCUT2D eigenvalue weighted by Crippen LogP contribution is -2.33. The average Bonchev–Trinajstić information content (AvgIpc) is 2.72. The van der Waals surface area contributed by atoms with Crippen molar-refractivity contribution in [2.45, 2.75) is 46.1 Å². The average molecular weight is 383 g/mol. The Morgan fingerprint density at radius 1 is 1.07 bits per heavy atom. The Morgan fingerprint density at radius 3 is 2.57 bits per heavy atom. The number of aromatic nitrogens is 1. The lowest BCUT2D eigenvalue weighted by molar-refractivity contribution is 0.170. The summed E-state index contributed by atoms with van der Waals surface area (Å²) >= 11 is 0. The Kier molecular flexibility index (Phi) is 7.72. The van der Waals surface area contributed by atoms with Crippen molar-refractivity contribution < 1.29 is 9.47 Å². The summed E-state index contributed by atoms with van der Waals surface area (Å²) in [5.74, 6) is 3.17. The first kappa shape index (κ1) is 20.7. The highest BCUT2D eigenvalue weighted by atomic mass is 16.5. The molecule has 2 heterocycles. The summed E-state index contributed by atoms with van der Waals surface area (Å²) in [7, 11) is 1.70. The van der Waals surface area contributed by atoms with E-state index in [1.54, 1.807) is 13.3 Å². The first-order valence-electron chi connectivity index (χ1n) is 10.6. The summed E-state index contributed by atoms with van der Waals surface area (Å²) in [6.07, 6.45) is 6.66. The molecule has 0 aliphatic carbocycles. The van der Waals surface area contributed by atoms with Crippen molar-refractivity contribution >= 4 is 0 Å². The molecule has 0 radical (unpaired) electrons. The van der Waals surface area contributed by atoms with E-state index in [9.17, 15) is 0 Å². The van der Waals surface area contributed by atoms with Crippen LogP contribution in [0.3, 0.4) is 0 Å². The number of methoxy groups -OCH3 is 1. The minimum atomic E-state index is 0.552. The van der Waals surface area contributed by atoms with E-state index in [4.69, 9.17) is 9.47 Å². The molecular formula is C24H34N2O2. The number of likely N-dealkylation sites (tertiary alicyclic amines) is 1. The summed E-state index contributed by atoms with van der Waals surface area (Å²) < 4.78 is 11.4. The summed E-state index contributed by atoms with van der Waals surface area (Å²) in [5, 5.41) is 0. The van der Waals surface area contributed by atoms with E-state index in [0.29, 0.717) is 5.92 Å². The quantitative estimate of drug-likeness (QED) is 0.613. The van der Waals surface area contributed by atoms with Gasteiger partial charge in [0.2, 0.25) is 5.88 Å². The minimum absolute atomic E-state index is 0.552. The van der Waals surface area contributed by atoms with E-state index in [-0.39, 0.29) is 0 Å². The standard InChI is InChI=1S/C24H34N2O2/c1-19(2)18-28-23-9-5-4-7-21(23)11-10-20-12-15-26(16-13-20)17-22-8-6-14-25-24(22)27-3/h4-9,14,19-20H,10-13,15-18H2,1-3H3. The Hall–Kier alpha value is -2.07. The second-order valence-corrected chi connectivity index (χ2v) is 8.24. The smallest absolute Gasteiger partial charge is 0.217 e. The van der Waals surface area contributed by atoms with Crippen molar-refractivity contribution in [2.75, 3.05) is 26.8 Å². The second-order valence-electron chi connectivity index (χ2n) is 8.24. The third-order valence-corrected chi connectivity index (χ3v) is 5.51. The molecule has 28 heavy (non-hydrogen) atoms. The molecule has 4 nitrogen and oxygen atoms in total. The Morgan fingerprint density at radius 2 is 1.82 bits per heavy atom. The molecule has 0 spiro atoms. The van der Waals surface area contributed by atoms with Crippen LogP contribution < -0.4 is 9.47 Å². The largest absolute Gasteiger partial charge is 0.493 e. The molecule has 1 aliphatic rings. The molecule has 4 heteroatoms. The molecule has 1 aromatic carbocycles. The van der Waals surface area contributed by atoms with Gasteiger partial charge in [0.05, 0.1) is 13.7 Å². The number of para-hydroxylation sites is 1. The number of pyridine rings is 1. The molecular weight excluding hydrogens is 348 g/mol. The van der Waals surface area contributed by atoms with Crippen LogP contribution in [-0.4, -0.2) is 36.7 Å². The number of benzene rings is 1. The van der Waals surface area contributed by atoms with Crippen LogP contribution in [-0.2, 0) is 13.0 Å². The predicted octanol–water partition coefficient (Wildman–Crippen LogP) is 4.97. The molecule has 1 aliphatic heterocycles. The van der Waals surface area contributed by atoms with Crippen molar-refractivity contribution in [3.05, 3.63) is 53.7 Å². The van der Waals surface area contributed by atoms with Crippen LogP contribution in [0.5, 0.6) is 11.6 Å². The normalized spacial score (nSPS) is 15.7. The Bertz CT molecular complexity index is 724. The highest BCUT2D eigenvalue weighted by Gasteiger charge is 2.20. The van der Waals surface area contributed by atoms with Crippen molar-refractivity contribution in [1.82, 2.24) is 9.88 Å². The number of rotatable bonds is 9. The van der Waals surface area contributed by atoms with Gasteiger partial charge in [-0.25, -0.2) is 4.98 Å². The van der Waals surface area contributed by atoms with Gasteiger partial charge in [0.1, 0.15) is 5.75 Å². The van der Waals surface area contributed by atoms with Crippen LogP contribution in [0.1, 0.15) is 44.2 Å². The lowest BCUT2D eigenvalue weighted by Gasteiger charge is -2.32. The highest BCUT2D eigenvalue weighted by molar-refractivity contribution is 5.33. The fourth-order valence-corrected chi connectivity index (χ4v) is 3.87. The summed E-state index contributed by atoms with van der Waals surface area (Å²) in [6, 6.07) is 12.6. The van der Waals surface area contributed by atoms with Crippen LogP contribution in [0.4, 0.5) is 0 Å². The summed E-state index contributed by atoms with van der Waals surface area (Å²) in [4.78, 5) is 6.84. The van der Waals surface area contributed by atoms with Crippen LogP contribution in [0.15, 0.2) is 42.6 Å².